The van der Waals surface area contributed by atoms with E-state index in [1.54, 1.807) is 28.6 Å². The molecule has 1 aliphatic rings. The molecule has 9 heteroatoms. The summed E-state index contributed by atoms with van der Waals surface area (Å²) in [5.41, 5.74) is 3.95. The molecule has 4 aromatic rings. The Morgan fingerprint density at radius 1 is 0.947 bits per heavy atom. The Balaban J connectivity index is 1.34. The summed E-state index contributed by atoms with van der Waals surface area (Å²) in [7, 11) is 0. The van der Waals surface area contributed by atoms with Gasteiger partial charge >= 0.3 is 5.97 Å². The fourth-order valence-electron chi connectivity index (χ4n) is 4.48. The van der Waals surface area contributed by atoms with Crippen LogP contribution in [0.3, 0.4) is 0 Å². The van der Waals surface area contributed by atoms with Crippen LogP contribution in [-0.2, 0) is 4.74 Å². The lowest BCUT2D eigenvalue weighted by Gasteiger charge is -2.36. The van der Waals surface area contributed by atoms with Gasteiger partial charge in [0.05, 0.1) is 23.0 Å². The topological polar surface area (TPSA) is 67.7 Å². The van der Waals surface area contributed by atoms with Gasteiger partial charge in [0.1, 0.15) is 5.82 Å². The standard InChI is InChI=1S/C29H26ClFN4O3/c1-2-38-29(37)25-19-27(35(32-25)26-6-4-3-5-24(26)30)20-9-13-23(14-10-20)33-15-17-34(18-16-33)28(36)21-7-11-22(31)12-8-21/h3-14,19H,2,15-18H2,1H3. The second kappa shape index (κ2) is 11.1. The summed E-state index contributed by atoms with van der Waals surface area (Å²) in [6.45, 7) is 4.50. The van der Waals surface area contributed by atoms with Crippen LogP contribution in [0.15, 0.2) is 78.9 Å². The number of ether oxygens (including phenoxy) is 1. The quantitative estimate of drug-likeness (QED) is 0.308. The van der Waals surface area contributed by atoms with Crippen LogP contribution in [0.2, 0.25) is 5.02 Å². The first-order chi connectivity index (χ1) is 18.4. The van der Waals surface area contributed by atoms with Crippen LogP contribution in [0.1, 0.15) is 27.8 Å². The molecule has 2 heterocycles. The zero-order valence-corrected chi connectivity index (χ0v) is 21.6. The normalized spacial score (nSPS) is 13.4. The Hall–Kier alpha value is -4.17. The van der Waals surface area contributed by atoms with Crippen LogP contribution in [0.4, 0.5) is 10.1 Å². The smallest absolute Gasteiger partial charge is 0.358 e. The van der Waals surface area contributed by atoms with Crippen molar-refractivity contribution < 1.29 is 18.7 Å². The maximum Gasteiger partial charge on any atom is 0.358 e. The molecule has 1 fully saturated rings. The largest absolute Gasteiger partial charge is 0.461 e. The number of nitrogens with zero attached hydrogens (tertiary/aromatic N) is 4. The molecule has 1 amide bonds. The summed E-state index contributed by atoms with van der Waals surface area (Å²) in [6, 6.07) is 22.6. The van der Waals surface area contributed by atoms with Crippen LogP contribution in [-0.4, -0.2) is 59.3 Å². The predicted molar refractivity (Wildman–Crippen MR) is 144 cm³/mol. The maximum absolute atomic E-state index is 13.2. The van der Waals surface area contributed by atoms with Gasteiger partial charge < -0.3 is 14.5 Å². The van der Waals surface area contributed by atoms with Crippen molar-refractivity contribution in [1.29, 1.82) is 0 Å². The molecule has 1 aromatic heterocycles. The molecule has 1 saturated heterocycles. The molecule has 194 valence electrons. The van der Waals surface area contributed by atoms with E-state index in [2.05, 4.69) is 10.00 Å². The van der Waals surface area contributed by atoms with E-state index in [0.717, 1.165) is 11.3 Å². The van der Waals surface area contributed by atoms with Gasteiger partial charge in [0.15, 0.2) is 5.69 Å². The molecule has 0 radical (unpaired) electrons. The Kier molecular flexibility index (Phi) is 7.42. The molecular weight excluding hydrogens is 507 g/mol. The third-order valence-corrected chi connectivity index (χ3v) is 6.78. The van der Waals surface area contributed by atoms with Gasteiger partial charge in [-0.15, -0.1) is 0 Å². The van der Waals surface area contributed by atoms with Gasteiger partial charge in [-0.1, -0.05) is 35.9 Å². The fourth-order valence-corrected chi connectivity index (χ4v) is 4.70. The molecule has 5 rings (SSSR count). The Morgan fingerprint density at radius 2 is 1.63 bits per heavy atom. The van der Waals surface area contributed by atoms with Crippen LogP contribution in [0.5, 0.6) is 0 Å². The van der Waals surface area contributed by atoms with E-state index < -0.39 is 5.97 Å². The van der Waals surface area contributed by atoms with Crippen LogP contribution in [0.25, 0.3) is 16.9 Å². The van der Waals surface area contributed by atoms with Crippen molar-refractivity contribution in [2.45, 2.75) is 6.92 Å². The number of para-hydroxylation sites is 1. The highest BCUT2D eigenvalue weighted by atomic mass is 35.5. The minimum atomic E-state index is -0.496. The van der Waals surface area contributed by atoms with Gasteiger partial charge in [0.2, 0.25) is 0 Å². The van der Waals surface area contributed by atoms with E-state index in [9.17, 15) is 14.0 Å². The molecule has 7 nitrogen and oxygen atoms in total. The molecule has 38 heavy (non-hydrogen) atoms. The number of benzene rings is 3. The average Bonchev–Trinajstić information content (AvgIpc) is 3.39. The van der Waals surface area contributed by atoms with Gasteiger partial charge in [0.25, 0.3) is 5.91 Å². The number of piperazine rings is 1. The second-order valence-electron chi connectivity index (χ2n) is 8.83. The summed E-state index contributed by atoms with van der Waals surface area (Å²) < 4.78 is 20.0. The number of esters is 1. The number of carbonyl (C=O) groups excluding carboxylic acids is 2. The van der Waals surface area contributed by atoms with Crippen LogP contribution >= 0.6 is 11.6 Å². The highest BCUT2D eigenvalue weighted by molar-refractivity contribution is 6.32. The van der Waals surface area contributed by atoms with E-state index in [1.807, 2.05) is 42.5 Å². The highest BCUT2D eigenvalue weighted by Crippen LogP contribution is 2.30. The summed E-state index contributed by atoms with van der Waals surface area (Å²) in [4.78, 5) is 29.2. The molecule has 0 atom stereocenters. The van der Waals surface area contributed by atoms with Gasteiger partial charge in [-0.25, -0.2) is 13.9 Å². The highest BCUT2D eigenvalue weighted by Gasteiger charge is 2.23. The first-order valence-corrected chi connectivity index (χ1v) is 12.7. The van der Waals surface area contributed by atoms with Crippen LogP contribution in [0, 0.1) is 5.82 Å². The average molecular weight is 533 g/mol. The molecule has 0 aliphatic carbocycles. The number of carbonyl (C=O) groups is 2. The van der Waals surface area contributed by atoms with Crippen molar-refractivity contribution in [3.63, 3.8) is 0 Å². The molecule has 0 N–H and O–H groups in total. The van der Waals surface area contributed by atoms with Gasteiger partial charge in [0, 0.05) is 43.0 Å². The van der Waals surface area contributed by atoms with E-state index in [-0.39, 0.29) is 24.0 Å². The van der Waals surface area contributed by atoms with Crippen molar-refractivity contribution in [2.24, 2.45) is 0 Å². The minimum absolute atomic E-state index is 0.0924. The lowest BCUT2D eigenvalue weighted by Crippen LogP contribution is -2.48. The predicted octanol–water partition coefficient (Wildman–Crippen LogP) is 5.47. The Labute approximate surface area is 225 Å². The first kappa shape index (κ1) is 25.5. The Bertz CT molecular complexity index is 1450. The van der Waals surface area contributed by atoms with Gasteiger partial charge in [-0.3, -0.25) is 4.79 Å². The van der Waals surface area contributed by atoms with E-state index >= 15 is 0 Å². The molecule has 0 spiro atoms. The van der Waals surface area contributed by atoms with Crippen molar-refractivity contribution in [2.75, 3.05) is 37.7 Å². The molecule has 0 unspecified atom stereocenters. The number of hydrogen-bond acceptors (Lipinski definition) is 5. The summed E-state index contributed by atoms with van der Waals surface area (Å²) in [5.74, 6) is -0.948. The zero-order valence-electron chi connectivity index (χ0n) is 20.8. The molecular formula is C29H26ClFN4O3. The van der Waals surface area contributed by atoms with Crippen LogP contribution < -0.4 is 4.90 Å². The van der Waals surface area contributed by atoms with Gasteiger partial charge in [-0.2, -0.15) is 5.10 Å². The summed E-state index contributed by atoms with van der Waals surface area (Å²) in [5, 5.41) is 5.00. The summed E-state index contributed by atoms with van der Waals surface area (Å²) in [6.07, 6.45) is 0. The number of aromatic nitrogens is 2. The van der Waals surface area contributed by atoms with Crippen molar-refractivity contribution in [1.82, 2.24) is 14.7 Å². The van der Waals surface area contributed by atoms with Crippen molar-refractivity contribution >= 4 is 29.2 Å². The number of hydrogen-bond donors (Lipinski definition) is 0. The van der Waals surface area contributed by atoms with Crippen molar-refractivity contribution in [3.8, 4) is 16.9 Å². The molecule has 0 bridgehead atoms. The number of amides is 1. The third-order valence-electron chi connectivity index (χ3n) is 6.46. The number of rotatable bonds is 6. The lowest BCUT2D eigenvalue weighted by molar-refractivity contribution is 0.0518. The third kappa shape index (κ3) is 5.26. The summed E-state index contributed by atoms with van der Waals surface area (Å²) >= 11 is 6.45. The lowest BCUT2D eigenvalue weighted by atomic mass is 10.1. The minimum Gasteiger partial charge on any atom is -0.461 e. The Morgan fingerprint density at radius 3 is 2.29 bits per heavy atom. The SMILES string of the molecule is CCOC(=O)c1cc(-c2ccc(N3CCN(C(=O)c4ccc(F)cc4)CC3)cc2)n(-c2ccccc2Cl)n1. The zero-order chi connectivity index (χ0) is 26.6. The number of anilines is 1. The van der Waals surface area contributed by atoms with E-state index in [0.29, 0.717) is 48.1 Å². The molecule has 0 saturated carbocycles. The van der Waals surface area contributed by atoms with E-state index in [1.165, 1.54) is 24.3 Å². The van der Waals surface area contributed by atoms with Gasteiger partial charge in [-0.05, 0) is 61.5 Å². The first-order valence-electron chi connectivity index (χ1n) is 12.4. The van der Waals surface area contributed by atoms with E-state index in [4.69, 9.17) is 16.3 Å². The fraction of sp³-hybridized carbons (Fsp3) is 0.207. The monoisotopic (exact) mass is 532 g/mol. The van der Waals surface area contributed by atoms with Crippen molar-refractivity contribution in [3.05, 3.63) is 101 Å². The second-order valence-corrected chi connectivity index (χ2v) is 9.24. The molecule has 1 aliphatic heterocycles. The number of halogens is 2. The molecule has 3 aromatic carbocycles. The maximum atomic E-state index is 13.2.